The van der Waals surface area contributed by atoms with Crippen LogP contribution in [0.3, 0.4) is 0 Å². The van der Waals surface area contributed by atoms with E-state index in [-0.39, 0.29) is 38.0 Å². The average Bonchev–Trinajstić information content (AvgIpc) is 3.17. The van der Waals surface area contributed by atoms with E-state index in [1.165, 1.54) is 18.2 Å². The van der Waals surface area contributed by atoms with Crippen molar-refractivity contribution in [1.82, 2.24) is 20.1 Å². The Kier molecular flexibility index (Phi) is 9.75. The normalized spacial score (nSPS) is 11.7. The number of nitrogens with zero attached hydrogens (tertiary/aromatic N) is 3. The van der Waals surface area contributed by atoms with Crippen LogP contribution in [0.15, 0.2) is 48.1 Å². The monoisotopic (exact) mass is 591 g/mol. The fourth-order valence-corrected chi connectivity index (χ4v) is 5.17. The number of carbonyl (C=O) groups is 2. The maximum Gasteiger partial charge on any atom is 0.253 e. The molecule has 0 bridgehead atoms. The van der Waals surface area contributed by atoms with E-state index in [1.54, 1.807) is 29.7 Å². The first-order valence-corrected chi connectivity index (χ1v) is 12.8. The molecule has 3 rings (SSSR count). The van der Waals surface area contributed by atoms with E-state index in [0.29, 0.717) is 27.6 Å². The Morgan fingerprint density at radius 2 is 1.71 bits per heavy atom. The van der Waals surface area contributed by atoms with Crippen molar-refractivity contribution in [1.29, 1.82) is 0 Å². The van der Waals surface area contributed by atoms with Gasteiger partial charge >= 0.3 is 0 Å². The van der Waals surface area contributed by atoms with E-state index in [9.17, 15) is 9.59 Å². The van der Waals surface area contributed by atoms with E-state index in [1.807, 2.05) is 0 Å². The molecule has 0 saturated carbocycles. The van der Waals surface area contributed by atoms with E-state index in [2.05, 4.69) is 27.4 Å². The summed E-state index contributed by atoms with van der Waals surface area (Å²) in [6.45, 7) is 5.89. The number of benzene rings is 2. The summed E-state index contributed by atoms with van der Waals surface area (Å²) in [7, 11) is 0. The molecule has 2 amide bonds. The molecule has 0 spiro atoms. The van der Waals surface area contributed by atoms with Crippen LogP contribution >= 0.6 is 69.8 Å². The third-order valence-corrected chi connectivity index (χ3v) is 6.90. The zero-order valence-corrected chi connectivity index (χ0v) is 22.7. The first-order valence-electron chi connectivity index (χ1n) is 9.97. The fraction of sp³-hybridized carbons (Fsp3) is 0.182. The summed E-state index contributed by atoms with van der Waals surface area (Å²) in [5.74, 6) is -0.256. The molecule has 0 saturated heterocycles. The van der Waals surface area contributed by atoms with Gasteiger partial charge in [0, 0.05) is 16.6 Å². The molecule has 0 radical (unpaired) electrons. The predicted molar refractivity (Wildman–Crippen MR) is 143 cm³/mol. The van der Waals surface area contributed by atoms with Crippen molar-refractivity contribution < 1.29 is 9.59 Å². The Hall–Kier alpha value is -1.94. The van der Waals surface area contributed by atoms with Crippen LogP contribution < -0.4 is 10.6 Å². The molecule has 3 aromatic rings. The van der Waals surface area contributed by atoms with Crippen molar-refractivity contribution in [3.05, 3.63) is 79.5 Å². The highest BCUT2D eigenvalue weighted by atomic mass is 35.5. The number of halogens is 5. The van der Waals surface area contributed by atoms with Gasteiger partial charge in [0.2, 0.25) is 5.91 Å². The van der Waals surface area contributed by atoms with Crippen molar-refractivity contribution >= 4 is 87.3 Å². The van der Waals surface area contributed by atoms with Gasteiger partial charge in [-0.25, -0.2) is 0 Å². The van der Waals surface area contributed by atoms with Gasteiger partial charge in [0.05, 0.1) is 38.1 Å². The number of allylic oxidation sites excluding steroid dienone is 1. The number of carbonyl (C=O) groups excluding carboxylic acids is 2. The summed E-state index contributed by atoms with van der Waals surface area (Å²) in [6, 6.07) is 7.07. The lowest BCUT2D eigenvalue weighted by Gasteiger charge is -2.16. The highest BCUT2D eigenvalue weighted by Crippen LogP contribution is 2.34. The Bertz CT molecular complexity index is 1260. The minimum atomic E-state index is -0.517. The molecule has 2 N–H and O–H groups in total. The van der Waals surface area contributed by atoms with Gasteiger partial charge in [0.25, 0.3) is 5.91 Å². The lowest BCUT2D eigenvalue weighted by atomic mass is 10.2. The lowest BCUT2D eigenvalue weighted by Crippen LogP contribution is -2.29. The molecule has 2 aromatic carbocycles. The molecule has 7 nitrogen and oxygen atoms in total. The zero-order valence-electron chi connectivity index (χ0n) is 18.1. The molecule has 0 aliphatic rings. The minimum Gasteiger partial charge on any atom is -0.342 e. The number of rotatable bonds is 9. The second-order valence-corrected chi connectivity index (χ2v) is 10.2. The van der Waals surface area contributed by atoms with Crippen LogP contribution in [0.1, 0.15) is 29.1 Å². The molecular formula is C22H18Cl5N5O2S. The maximum atomic E-state index is 12.7. The van der Waals surface area contributed by atoms with Gasteiger partial charge in [-0.3, -0.25) is 9.59 Å². The number of thioether (sulfide) groups is 1. The Morgan fingerprint density at radius 3 is 2.34 bits per heavy atom. The third kappa shape index (κ3) is 7.06. The molecular weight excluding hydrogens is 576 g/mol. The second-order valence-electron chi connectivity index (χ2n) is 7.14. The van der Waals surface area contributed by atoms with Gasteiger partial charge in [-0.05, 0) is 37.3 Å². The van der Waals surface area contributed by atoms with Crippen LogP contribution in [0, 0.1) is 0 Å². The van der Waals surface area contributed by atoms with Gasteiger partial charge in [0.15, 0.2) is 11.0 Å². The third-order valence-electron chi connectivity index (χ3n) is 4.57. The average molecular weight is 594 g/mol. The van der Waals surface area contributed by atoms with Crippen molar-refractivity contribution in [3.8, 4) is 0 Å². The number of aromatic nitrogens is 3. The molecule has 0 aliphatic heterocycles. The van der Waals surface area contributed by atoms with E-state index < -0.39 is 11.9 Å². The predicted octanol–water partition coefficient (Wildman–Crippen LogP) is 6.95. The topological polar surface area (TPSA) is 88.9 Å². The number of nitrogens with one attached hydrogen (secondary N) is 2. The molecule has 1 aromatic heterocycles. The smallest absolute Gasteiger partial charge is 0.253 e. The Morgan fingerprint density at radius 1 is 1.06 bits per heavy atom. The first kappa shape index (κ1) is 27.6. The minimum absolute atomic E-state index is 0.00564. The SMILES string of the molecule is C=CCn1c(SCC(=O)Nc2c(Cl)cc(Cl)cc2Cl)nnc1[C@@H](C)NC(=O)c1ccc(Cl)cc1Cl. The van der Waals surface area contributed by atoms with E-state index in [4.69, 9.17) is 58.0 Å². The summed E-state index contributed by atoms with van der Waals surface area (Å²) in [6.07, 6.45) is 1.66. The molecule has 0 unspecified atom stereocenters. The summed E-state index contributed by atoms with van der Waals surface area (Å²) >= 11 is 31.4. The molecule has 0 aliphatic carbocycles. The van der Waals surface area contributed by atoms with Crippen molar-refractivity contribution in [2.45, 2.75) is 24.7 Å². The molecule has 13 heteroatoms. The largest absolute Gasteiger partial charge is 0.342 e. The van der Waals surface area contributed by atoms with Crippen LogP contribution in [0.25, 0.3) is 0 Å². The van der Waals surface area contributed by atoms with Gasteiger partial charge in [-0.2, -0.15) is 0 Å². The van der Waals surface area contributed by atoms with E-state index in [0.717, 1.165) is 11.8 Å². The summed E-state index contributed by atoms with van der Waals surface area (Å²) in [5.41, 5.74) is 0.553. The van der Waals surface area contributed by atoms with Crippen molar-refractivity contribution in [2.24, 2.45) is 0 Å². The number of amides is 2. The van der Waals surface area contributed by atoms with Crippen LogP contribution in [-0.2, 0) is 11.3 Å². The van der Waals surface area contributed by atoms with Crippen LogP contribution in [0.4, 0.5) is 5.69 Å². The fourth-order valence-electron chi connectivity index (χ4n) is 3.01. The van der Waals surface area contributed by atoms with Gasteiger partial charge in [-0.15, -0.1) is 16.8 Å². The molecule has 0 fully saturated rings. The zero-order chi connectivity index (χ0) is 25.7. The number of hydrogen-bond donors (Lipinski definition) is 2. The number of anilines is 1. The molecule has 184 valence electrons. The standard InChI is InChI=1S/C22H18Cl5N5O2S/c1-3-6-32-20(11(2)28-21(34)14-5-4-12(23)7-15(14)25)30-31-22(32)35-10-18(33)29-19-16(26)8-13(24)9-17(19)27/h3-5,7-9,11H,1,6,10H2,2H3,(H,28,34)(H,29,33)/t11-/m1/s1. The van der Waals surface area contributed by atoms with Gasteiger partial charge in [-0.1, -0.05) is 75.8 Å². The lowest BCUT2D eigenvalue weighted by molar-refractivity contribution is -0.113. The van der Waals surface area contributed by atoms with Crippen molar-refractivity contribution in [3.63, 3.8) is 0 Å². The van der Waals surface area contributed by atoms with Crippen LogP contribution in [0.5, 0.6) is 0 Å². The number of hydrogen-bond acceptors (Lipinski definition) is 5. The van der Waals surface area contributed by atoms with Gasteiger partial charge < -0.3 is 15.2 Å². The quantitative estimate of drug-likeness (QED) is 0.207. The summed E-state index contributed by atoms with van der Waals surface area (Å²) in [4.78, 5) is 25.2. The van der Waals surface area contributed by atoms with Gasteiger partial charge in [0.1, 0.15) is 0 Å². The Labute approximate surface area is 231 Å². The summed E-state index contributed by atoms with van der Waals surface area (Å²) < 4.78 is 1.75. The van der Waals surface area contributed by atoms with Crippen LogP contribution in [0.2, 0.25) is 25.1 Å². The highest BCUT2D eigenvalue weighted by molar-refractivity contribution is 7.99. The molecule has 1 heterocycles. The highest BCUT2D eigenvalue weighted by Gasteiger charge is 2.22. The first-order chi connectivity index (χ1) is 16.6. The summed E-state index contributed by atoms with van der Waals surface area (Å²) in [5, 5.41) is 15.8. The van der Waals surface area contributed by atoms with Crippen molar-refractivity contribution in [2.75, 3.05) is 11.1 Å². The molecule has 1 atom stereocenters. The van der Waals surface area contributed by atoms with Crippen LogP contribution in [-0.4, -0.2) is 32.3 Å². The molecule has 35 heavy (non-hydrogen) atoms. The Balaban J connectivity index is 1.70. The van der Waals surface area contributed by atoms with E-state index >= 15 is 0 Å². The maximum absolute atomic E-state index is 12.7. The second kappa shape index (κ2) is 12.3.